The van der Waals surface area contributed by atoms with Gasteiger partial charge in [-0.1, -0.05) is 97.1 Å². The summed E-state index contributed by atoms with van der Waals surface area (Å²) in [4.78, 5) is 12.9. The van der Waals surface area contributed by atoms with E-state index in [0.717, 1.165) is 32.7 Å². The molecule has 0 aromatic heterocycles. The Morgan fingerprint density at radius 1 is 0.758 bits per heavy atom. The highest BCUT2D eigenvalue weighted by molar-refractivity contribution is 5.90. The maximum absolute atomic E-state index is 12.9. The smallest absolute Gasteiger partial charge is 0.408 e. The molecule has 33 heavy (non-hydrogen) atoms. The van der Waals surface area contributed by atoms with Crippen LogP contribution < -0.4 is 5.32 Å². The zero-order chi connectivity index (χ0) is 22.6. The quantitative estimate of drug-likeness (QED) is 0.324. The van der Waals surface area contributed by atoms with Crippen LogP contribution in [0, 0.1) is 0 Å². The molecule has 1 amide bonds. The summed E-state index contributed by atoms with van der Waals surface area (Å²) in [5, 5.41) is 17.9. The lowest BCUT2D eigenvalue weighted by Gasteiger charge is -2.23. The third-order valence-electron chi connectivity index (χ3n) is 5.82. The Bertz CT molecular complexity index is 1430. The molecule has 0 bridgehead atoms. The van der Waals surface area contributed by atoms with Crippen LogP contribution in [0.4, 0.5) is 4.79 Å². The van der Waals surface area contributed by atoms with E-state index in [9.17, 15) is 9.90 Å². The molecular formula is C29H23NO3. The summed E-state index contributed by atoms with van der Waals surface area (Å²) in [6.45, 7) is 0.165. The minimum atomic E-state index is -0.594. The number of hydrogen-bond acceptors (Lipinski definition) is 3. The van der Waals surface area contributed by atoms with Gasteiger partial charge in [0.2, 0.25) is 0 Å². The van der Waals surface area contributed by atoms with Crippen LogP contribution in [-0.2, 0) is 11.3 Å². The second-order valence-electron chi connectivity index (χ2n) is 7.97. The Hall–Kier alpha value is -4.31. The number of hydrogen-bond donors (Lipinski definition) is 2. The van der Waals surface area contributed by atoms with E-state index < -0.39 is 12.1 Å². The minimum Gasteiger partial charge on any atom is -0.508 e. The van der Waals surface area contributed by atoms with Crippen LogP contribution in [0.1, 0.15) is 22.7 Å². The van der Waals surface area contributed by atoms with E-state index in [1.165, 1.54) is 0 Å². The van der Waals surface area contributed by atoms with Crippen LogP contribution in [0.5, 0.6) is 5.75 Å². The summed E-state index contributed by atoms with van der Waals surface area (Å²) >= 11 is 0. The maximum Gasteiger partial charge on any atom is 0.408 e. The van der Waals surface area contributed by atoms with Crippen LogP contribution in [0.3, 0.4) is 0 Å². The molecule has 5 aromatic carbocycles. The van der Waals surface area contributed by atoms with E-state index in [1.54, 1.807) is 6.07 Å². The molecule has 0 spiro atoms. The Morgan fingerprint density at radius 2 is 1.42 bits per heavy atom. The van der Waals surface area contributed by atoms with E-state index in [-0.39, 0.29) is 12.4 Å². The molecule has 0 aliphatic carbocycles. The van der Waals surface area contributed by atoms with Crippen molar-refractivity contribution < 1.29 is 14.6 Å². The molecule has 4 heteroatoms. The molecule has 2 N–H and O–H groups in total. The van der Waals surface area contributed by atoms with Gasteiger partial charge >= 0.3 is 6.09 Å². The van der Waals surface area contributed by atoms with Crippen LogP contribution in [-0.4, -0.2) is 11.2 Å². The van der Waals surface area contributed by atoms with Crippen molar-refractivity contribution in [2.24, 2.45) is 0 Å². The molecule has 0 heterocycles. The zero-order valence-electron chi connectivity index (χ0n) is 17.9. The molecule has 5 aromatic rings. The van der Waals surface area contributed by atoms with Crippen molar-refractivity contribution in [3.8, 4) is 5.75 Å². The molecule has 0 aliphatic rings. The predicted octanol–water partition coefficient (Wildman–Crippen LogP) is 6.71. The van der Waals surface area contributed by atoms with Crippen LogP contribution in [0.15, 0.2) is 109 Å². The number of rotatable bonds is 5. The summed E-state index contributed by atoms with van der Waals surface area (Å²) in [5.74, 6) is 0.121. The van der Waals surface area contributed by atoms with E-state index in [1.807, 2.05) is 103 Å². The summed E-state index contributed by atoms with van der Waals surface area (Å²) in [7, 11) is 0. The summed E-state index contributed by atoms with van der Waals surface area (Å²) in [5.41, 5.74) is 2.40. The lowest BCUT2D eigenvalue weighted by atomic mass is 9.91. The number of phenolic OH excluding ortho intramolecular Hbond substituents is 1. The Morgan fingerprint density at radius 3 is 2.24 bits per heavy atom. The van der Waals surface area contributed by atoms with Gasteiger partial charge in [0.05, 0.1) is 6.04 Å². The highest BCUT2D eigenvalue weighted by atomic mass is 16.5. The molecule has 0 saturated carbocycles. The summed E-state index contributed by atoms with van der Waals surface area (Å²) in [6, 6.07) is 34.4. The standard InChI is InChI=1S/C29H23NO3/c31-26-17-16-22-11-6-7-13-25(22)27(26)28(24-15-14-21-10-4-5-12-23(21)18-24)30-29(32)33-19-20-8-2-1-3-9-20/h1-18,28,31H,19H2,(H,30,32). The van der Waals surface area contributed by atoms with Crippen molar-refractivity contribution in [3.05, 3.63) is 126 Å². The van der Waals surface area contributed by atoms with E-state index in [0.29, 0.717) is 5.56 Å². The normalized spacial score (nSPS) is 11.9. The maximum atomic E-state index is 12.9. The number of amides is 1. The Balaban J connectivity index is 1.55. The zero-order valence-corrected chi connectivity index (χ0v) is 17.9. The van der Waals surface area contributed by atoms with Gasteiger partial charge in [0.1, 0.15) is 12.4 Å². The van der Waals surface area contributed by atoms with Crippen LogP contribution in [0.2, 0.25) is 0 Å². The number of alkyl carbamates (subject to hydrolysis) is 1. The van der Waals surface area contributed by atoms with Gasteiger partial charge in [-0.25, -0.2) is 4.79 Å². The van der Waals surface area contributed by atoms with Gasteiger partial charge in [-0.05, 0) is 44.8 Å². The second kappa shape index (κ2) is 9.05. The number of ether oxygens (including phenoxy) is 1. The van der Waals surface area contributed by atoms with Crippen molar-refractivity contribution in [1.82, 2.24) is 5.32 Å². The monoisotopic (exact) mass is 433 g/mol. The molecule has 0 fully saturated rings. The molecule has 162 valence electrons. The third kappa shape index (κ3) is 4.37. The van der Waals surface area contributed by atoms with Crippen molar-refractivity contribution in [2.75, 3.05) is 0 Å². The molecule has 0 radical (unpaired) electrons. The molecular weight excluding hydrogens is 410 g/mol. The first-order valence-electron chi connectivity index (χ1n) is 10.9. The molecule has 4 nitrogen and oxygen atoms in total. The molecule has 0 saturated heterocycles. The number of aromatic hydroxyl groups is 1. The predicted molar refractivity (Wildman–Crippen MR) is 131 cm³/mol. The average molecular weight is 434 g/mol. The Labute approximate surface area is 192 Å². The van der Waals surface area contributed by atoms with Crippen molar-refractivity contribution in [1.29, 1.82) is 0 Å². The van der Waals surface area contributed by atoms with Crippen molar-refractivity contribution in [3.63, 3.8) is 0 Å². The van der Waals surface area contributed by atoms with Crippen molar-refractivity contribution >= 4 is 27.6 Å². The van der Waals surface area contributed by atoms with Gasteiger partial charge in [-0.15, -0.1) is 0 Å². The fraction of sp³-hybridized carbons (Fsp3) is 0.0690. The van der Waals surface area contributed by atoms with Gasteiger partial charge < -0.3 is 15.2 Å². The number of carbonyl (C=O) groups excluding carboxylic acids is 1. The Kier molecular flexibility index (Phi) is 5.64. The fourth-order valence-corrected chi connectivity index (χ4v) is 4.18. The molecule has 1 unspecified atom stereocenters. The number of nitrogens with one attached hydrogen (secondary N) is 1. The second-order valence-corrected chi connectivity index (χ2v) is 7.97. The fourth-order valence-electron chi connectivity index (χ4n) is 4.18. The molecule has 0 aliphatic heterocycles. The van der Waals surface area contributed by atoms with Gasteiger partial charge in [0.15, 0.2) is 0 Å². The highest BCUT2D eigenvalue weighted by Crippen LogP contribution is 2.36. The lowest BCUT2D eigenvalue weighted by molar-refractivity contribution is 0.137. The number of phenols is 1. The van der Waals surface area contributed by atoms with Gasteiger partial charge in [0.25, 0.3) is 0 Å². The number of benzene rings is 5. The SMILES string of the molecule is O=C(NC(c1ccc2ccccc2c1)c1c(O)ccc2ccccc12)OCc1ccccc1. The van der Waals surface area contributed by atoms with E-state index in [2.05, 4.69) is 5.32 Å². The van der Waals surface area contributed by atoms with Crippen LogP contribution in [0.25, 0.3) is 21.5 Å². The van der Waals surface area contributed by atoms with E-state index >= 15 is 0 Å². The third-order valence-corrected chi connectivity index (χ3v) is 5.82. The van der Waals surface area contributed by atoms with Crippen molar-refractivity contribution in [2.45, 2.75) is 12.6 Å². The minimum absolute atomic E-state index is 0.121. The summed E-state index contributed by atoms with van der Waals surface area (Å²) < 4.78 is 5.51. The molecule has 1 atom stereocenters. The first-order valence-corrected chi connectivity index (χ1v) is 10.9. The molecule has 5 rings (SSSR count). The number of carbonyl (C=O) groups is 1. The summed E-state index contributed by atoms with van der Waals surface area (Å²) in [6.07, 6.45) is -0.552. The highest BCUT2D eigenvalue weighted by Gasteiger charge is 2.23. The first-order chi connectivity index (χ1) is 16.2. The largest absolute Gasteiger partial charge is 0.508 e. The van der Waals surface area contributed by atoms with Gasteiger partial charge in [-0.3, -0.25) is 0 Å². The van der Waals surface area contributed by atoms with Gasteiger partial charge in [0, 0.05) is 5.56 Å². The topological polar surface area (TPSA) is 58.6 Å². The average Bonchev–Trinajstić information content (AvgIpc) is 2.87. The number of fused-ring (bicyclic) bond motifs is 2. The lowest BCUT2D eigenvalue weighted by Crippen LogP contribution is -2.30. The van der Waals surface area contributed by atoms with Crippen LogP contribution >= 0.6 is 0 Å². The van der Waals surface area contributed by atoms with E-state index in [4.69, 9.17) is 4.74 Å². The first kappa shape index (κ1) is 20.6. The van der Waals surface area contributed by atoms with Gasteiger partial charge in [-0.2, -0.15) is 0 Å².